The lowest BCUT2D eigenvalue weighted by molar-refractivity contribution is 0.0400. The summed E-state index contributed by atoms with van der Waals surface area (Å²) < 4.78 is 5.18. The molecule has 0 saturated heterocycles. The monoisotopic (exact) mass is 818 g/mol. The molecule has 302 valence electrons. The molecular weight excluding hydrogens is 769 g/mol. The van der Waals surface area contributed by atoms with Crippen LogP contribution in [0.3, 0.4) is 0 Å². The summed E-state index contributed by atoms with van der Waals surface area (Å²) in [7, 11) is -1.90. The van der Waals surface area contributed by atoms with Gasteiger partial charge in [0.15, 0.2) is 0 Å². The highest BCUT2D eigenvalue weighted by Crippen LogP contribution is 2.74. The Hall–Kier alpha value is -6.29. The number of hydrogen-bond donors (Lipinski definition) is 0. The Bertz CT molecular complexity index is 3210. The van der Waals surface area contributed by atoms with Crippen molar-refractivity contribution in [2.75, 3.05) is 0 Å². The third kappa shape index (κ3) is 4.83. The average molecular weight is 819 g/mol. The zero-order valence-electron chi connectivity index (χ0n) is 35.4. The predicted octanol–water partition coefficient (Wildman–Crippen LogP) is 15.9. The third-order valence-corrected chi connectivity index (χ3v) is 19.4. The molecule has 2 fully saturated rings. The van der Waals surface area contributed by atoms with Crippen molar-refractivity contribution in [3.8, 4) is 11.4 Å². The number of para-hydroxylation sites is 3. The summed E-state index contributed by atoms with van der Waals surface area (Å²) in [5, 5.41) is 5.27. The van der Waals surface area contributed by atoms with Gasteiger partial charge in [0.2, 0.25) is 0 Å². The minimum absolute atomic E-state index is 0.0805. The SMILES string of the molecule is CC1CC2CC(C)C3(c4ccc(S(c5ccccc5)(c5ccccc5)c5ccccc5)cc4-n4c5ccc(-n6c7ccccc7c7ccccc76)cc5c5cccc3c54)C(C1)C2. The Morgan fingerprint density at radius 2 is 1.02 bits per heavy atom. The molecule has 1 spiro atoms. The van der Waals surface area contributed by atoms with Gasteiger partial charge >= 0.3 is 0 Å². The van der Waals surface area contributed by atoms with Gasteiger partial charge in [0, 0.05) is 52.2 Å². The van der Waals surface area contributed by atoms with Crippen LogP contribution in [0, 0.1) is 23.7 Å². The van der Waals surface area contributed by atoms with Crippen LogP contribution in [0.2, 0.25) is 0 Å². The van der Waals surface area contributed by atoms with Crippen molar-refractivity contribution in [1.29, 1.82) is 0 Å². The lowest BCUT2D eigenvalue weighted by Crippen LogP contribution is -2.52. The predicted molar refractivity (Wildman–Crippen MR) is 260 cm³/mol. The van der Waals surface area contributed by atoms with Gasteiger partial charge in [-0.25, -0.2) is 0 Å². The maximum absolute atomic E-state index is 2.70. The summed E-state index contributed by atoms with van der Waals surface area (Å²) in [4.78, 5) is 5.45. The summed E-state index contributed by atoms with van der Waals surface area (Å²) in [5.74, 6) is 2.64. The smallest absolute Gasteiger partial charge is 0.0582 e. The molecule has 3 aliphatic rings. The Labute approximate surface area is 365 Å². The summed E-state index contributed by atoms with van der Waals surface area (Å²) in [5.41, 5.74) is 10.7. The van der Waals surface area contributed by atoms with Gasteiger partial charge in [-0.2, -0.15) is 0 Å². The van der Waals surface area contributed by atoms with E-state index in [1.165, 1.54) is 106 Å². The summed E-state index contributed by atoms with van der Waals surface area (Å²) in [6.07, 6.45) is 5.25. The van der Waals surface area contributed by atoms with Gasteiger partial charge in [-0.1, -0.05) is 129 Å². The number of fused-ring (bicyclic) bond motifs is 13. The molecule has 5 unspecified atom stereocenters. The normalized spacial score (nSPS) is 22.1. The second kappa shape index (κ2) is 13.6. The van der Waals surface area contributed by atoms with Crippen LogP contribution in [-0.2, 0) is 5.41 Å². The lowest BCUT2D eigenvalue weighted by atomic mass is 9.47. The van der Waals surface area contributed by atoms with Crippen molar-refractivity contribution < 1.29 is 0 Å². The minimum atomic E-state index is -1.90. The Balaban J connectivity index is 1.15. The van der Waals surface area contributed by atoms with Gasteiger partial charge in [0.25, 0.3) is 0 Å². The van der Waals surface area contributed by atoms with Crippen molar-refractivity contribution in [2.45, 2.75) is 64.5 Å². The fourth-order valence-electron chi connectivity index (χ4n) is 13.4. The van der Waals surface area contributed by atoms with E-state index in [0.29, 0.717) is 11.8 Å². The Kier molecular flexibility index (Phi) is 7.98. The maximum atomic E-state index is 2.70. The lowest BCUT2D eigenvalue weighted by Gasteiger charge is -2.57. The van der Waals surface area contributed by atoms with E-state index in [1.54, 1.807) is 5.56 Å². The van der Waals surface area contributed by atoms with Crippen LogP contribution < -0.4 is 0 Å². The molecule has 13 rings (SSSR count). The van der Waals surface area contributed by atoms with Crippen LogP contribution in [-0.4, -0.2) is 9.13 Å². The molecule has 2 aromatic heterocycles. The highest BCUT2D eigenvalue weighted by molar-refractivity contribution is 8.34. The first-order valence-corrected chi connectivity index (χ1v) is 24.4. The fourth-order valence-corrected chi connectivity index (χ4v) is 17.3. The first kappa shape index (κ1) is 36.4. The summed E-state index contributed by atoms with van der Waals surface area (Å²) in [6.45, 7) is 5.14. The van der Waals surface area contributed by atoms with Gasteiger partial charge in [-0.05, 0) is 139 Å². The van der Waals surface area contributed by atoms with E-state index in [1.807, 2.05) is 0 Å². The first-order chi connectivity index (χ1) is 30.6. The molecular formula is C59H50N2S. The third-order valence-electron chi connectivity index (χ3n) is 15.5. The molecule has 3 heterocycles. The largest absolute Gasteiger partial charge is 0.309 e. The van der Waals surface area contributed by atoms with Gasteiger partial charge in [-0.15, -0.1) is 10.0 Å². The fraction of sp³-hybridized carbons (Fsp3) is 0.186. The minimum Gasteiger partial charge on any atom is -0.309 e. The van der Waals surface area contributed by atoms with Gasteiger partial charge in [0.1, 0.15) is 0 Å². The highest BCUT2D eigenvalue weighted by atomic mass is 32.3. The Morgan fingerprint density at radius 3 is 1.66 bits per heavy atom. The van der Waals surface area contributed by atoms with Crippen LogP contribution in [0.25, 0.3) is 55.0 Å². The zero-order chi connectivity index (χ0) is 41.2. The number of rotatable bonds is 5. The molecule has 2 nitrogen and oxygen atoms in total. The molecule has 0 N–H and O–H groups in total. The van der Waals surface area contributed by atoms with Gasteiger partial charge in [-0.3, -0.25) is 0 Å². The van der Waals surface area contributed by atoms with E-state index in [0.717, 1.165) is 11.8 Å². The second-order valence-electron chi connectivity index (χ2n) is 18.7. The number of benzene rings is 8. The van der Waals surface area contributed by atoms with Crippen LogP contribution >= 0.6 is 10.0 Å². The molecule has 2 aliphatic carbocycles. The maximum Gasteiger partial charge on any atom is 0.0582 e. The molecule has 1 aliphatic heterocycles. The number of aromatic nitrogens is 2. The van der Waals surface area contributed by atoms with E-state index >= 15 is 0 Å². The molecule has 0 radical (unpaired) electrons. The van der Waals surface area contributed by atoms with Crippen molar-refractivity contribution in [3.63, 3.8) is 0 Å². The van der Waals surface area contributed by atoms with E-state index in [-0.39, 0.29) is 5.41 Å². The average Bonchev–Trinajstić information content (AvgIpc) is 3.83. The van der Waals surface area contributed by atoms with Crippen molar-refractivity contribution in [2.24, 2.45) is 23.7 Å². The standard InChI is InChI=1S/C59H50N2S/c1-39-33-41-35-40(2)59(42(34-39)36-41)52-31-30-47(62(44-17-6-3-7-18-44,45-19-8-4-9-20-45)46-21-10-5-11-22-46)38-57(52)61-56-32-29-43(37-51(56)50-25-16-26-53(59)58(50)61)60-54-27-14-12-23-48(54)49-24-13-15-28-55(49)60/h3-32,37-42H,33-36H2,1-2H3. The molecule has 2 saturated carbocycles. The van der Waals surface area contributed by atoms with Crippen LogP contribution in [0.15, 0.2) is 214 Å². The highest BCUT2D eigenvalue weighted by Gasteiger charge is 2.56. The first-order valence-electron chi connectivity index (χ1n) is 22.8. The second-order valence-corrected chi connectivity index (χ2v) is 21.8. The summed E-state index contributed by atoms with van der Waals surface area (Å²) >= 11 is 0. The molecule has 5 atom stereocenters. The molecule has 0 amide bonds. The number of nitrogens with zero attached hydrogens (tertiary/aromatic N) is 2. The van der Waals surface area contributed by atoms with E-state index < -0.39 is 10.0 Å². The quantitative estimate of drug-likeness (QED) is 0.164. The molecule has 2 bridgehead atoms. The van der Waals surface area contributed by atoms with E-state index in [4.69, 9.17) is 0 Å². The molecule has 3 heteroatoms. The molecule has 10 aromatic rings. The van der Waals surface area contributed by atoms with Crippen LogP contribution in [0.5, 0.6) is 0 Å². The number of hydrogen-bond acceptors (Lipinski definition) is 0. The van der Waals surface area contributed by atoms with Crippen LogP contribution in [0.1, 0.15) is 50.7 Å². The van der Waals surface area contributed by atoms with E-state index in [2.05, 4.69) is 217 Å². The molecule has 8 aromatic carbocycles. The van der Waals surface area contributed by atoms with Crippen molar-refractivity contribution >= 4 is 53.6 Å². The van der Waals surface area contributed by atoms with Crippen molar-refractivity contribution in [1.82, 2.24) is 9.13 Å². The van der Waals surface area contributed by atoms with E-state index in [9.17, 15) is 0 Å². The van der Waals surface area contributed by atoms with Crippen molar-refractivity contribution in [3.05, 3.63) is 205 Å². The van der Waals surface area contributed by atoms with Gasteiger partial charge in [0.05, 0.1) is 27.8 Å². The summed E-state index contributed by atoms with van der Waals surface area (Å²) in [6, 6.07) is 74.4. The zero-order valence-corrected chi connectivity index (χ0v) is 36.2. The molecule has 62 heavy (non-hydrogen) atoms. The topological polar surface area (TPSA) is 9.86 Å². The Morgan fingerprint density at radius 1 is 0.435 bits per heavy atom. The van der Waals surface area contributed by atoms with Gasteiger partial charge < -0.3 is 9.13 Å². The van der Waals surface area contributed by atoms with Crippen LogP contribution in [0.4, 0.5) is 0 Å².